The normalized spacial score (nSPS) is 13.0. The fourth-order valence-corrected chi connectivity index (χ4v) is 4.75. The number of rotatable bonds is 4. The number of hydrogen-bond donors (Lipinski definition) is 1. The van der Waals surface area contributed by atoms with Gasteiger partial charge in [-0.15, -0.1) is 11.3 Å². The van der Waals surface area contributed by atoms with Gasteiger partial charge in [0.25, 0.3) is 5.91 Å². The van der Waals surface area contributed by atoms with Gasteiger partial charge in [0.2, 0.25) is 0 Å². The Hall–Kier alpha value is -2.25. The van der Waals surface area contributed by atoms with E-state index in [1.165, 1.54) is 16.2 Å². The number of thiocarbonyl (C=S) groups is 1. The molecule has 0 unspecified atom stereocenters. The number of carbonyl (C=O) groups is 2. The minimum Gasteiger partial charge on any atom is -0.462 e. The molecule has 0 spiro atoms. The Morgan fingerprint density at radius 1 is 1.23 bits per heavy atom. The molecule has 0 aliphatic heterocycles. The Balaban J connectivity index is 2.12. The summed E-state index contributed by atoms with van der Waals surface area (Å²) >= 11 is 6.58. The molecule has 3 rings (SSSR count). The van der Waals surface area contributed by atoms with E-state index >= 15 is 0 Å². The number of benzene rings is 1. The molecule has 1 aliphatic carbocycles. The van der Waals surface area contributed by atoms with E-state index in [0.29, 0.717) is 16.1 Å². The van der Waals surface area contributed by atoms with Crippen LogP contribution in [0.5, 0.6) is 0 Å². The summed E-state index contributed by atoms with van der Waals surface area (Å²) in [6, 6.07) is 8.78. The lowest BCUT2D eigenvalue weighted by molar-refractivity contribution is 0.0526. The van der Waals surface area contributed by atoms with Gasteiger partial charge in [-0.25, -0.2) is 9.69 Å². The summed E-state index contributed by atoms with van der Waals surface area (Å²) in [6.45, 7) is 2.03. The summed E-state index contributed by atoms with van der Waals surface area (Å²) < 4.78 is 5.25. The average Bonchev–Trinajstić information content (AvgIpc) is 3.01. The molecule has 1 aliphatic rings. The predicted molar refractivity (Wildman–Crippen MR) is 107 cm³/mol. The van der Waals surface area contributed by atoms with Crippen LogP contribution in [0.3, 0.4) is 0 Å². The number of amides is 1. The molecule has 2 aromatic rings. The van der Waals surface area contributed by atoms with E-state index in [1.54, 1.807) is 31.2 Å². The van der Waals surface area contributed by atoms with Gasteiger partial charge in [0.1, 0.15) is 5.00 Å². The number of fused-ring (bicyclic) bond motifs is 1. The molecule has 1 aromatic heterocycles. The molecule has 1 amide bonds. The average molecular weight is 389 g/mol. The van der Waals surface area contributed by atoms with Crippen LogP contribution in [-0.2, 0) is 17.6 Å². The van der Waals surface area contributed by atoms with Gasteiger partial charge in [-0.05, 0) is 62.5 Å². The summed E-state index contributed by atoms with van der Waals surface area (Å²) in [5, 5.41) is 0.389. The number of nitrogens with two attached hydrogens (primary N) is 1. The highest BCUT2D eigenvalue weighted by Gasteiger charge is 2.33. The van der Waals surface area contributed by atoms with Crippen molar-refractivity contribution in [2.24, 2.45) is 5.73 Å². The number of ether oxygens (including phenoxy) is 1. The number of nitrogens with zero attached hydrogens (tertiary/aromatic N) is 1. The summed E-state index contributed by atoms with van der Waals surface area (Å²) in [5.74, 6) is -0.772. The quantitative estimate of drug-likeness (QED) is 0.639. The summed E-state index contributed by atoms with van der Waals surface area (Å²) in [4.78, 5) is 28.1. The van der Waals surface area contributed by atoms with Crippen LogP contribution in [0.15, 0.2) is 30.3 Å². The van der Waals surface area contributed by atoms with Gasteiger partial charge in [-0.3, -0.25) is 4.79 Å². The molecule has 5 nitrogen and oxygen atoms in total. The van der Waals surface area contributed by atoms with Crippen LogP contribution in [0.2, 0.25) is 0 Å². The molecule has 0 radical (unpaired) electrons. The van der Waals surface area contributed by atoms with E-state index in [2.05, 4.69) is 0 Å². The third-order valence-electron chi connectivity index (χ3n) is 4.28. The van der Waals surface area contributed by atoms with Crippen LogP contribution in [0.1, 0.15) is 50.9 Å². The molecule has 7 heteroatoms. The smallest absolute Gasteiger partial charge is 0.341 e. The third kappa shape index (κ3) is 3.50. The van der Waals surface area contributed by atoms with Crippen molar-refractivity contribution in [2.75, 3.05) is 11.5 Å². The zero-order valence-electron chi connectivity index (χ0n) is 14.5. The van der Waals surface area contributed by atoms with E-state index in [9.17, 15) is 9.59 Å². The molecule has 0 saturated carbocycles. The van der Waals surface area contributed by atoms with Crippen LogP contribution in [0, 0.1) is 0 Å². The molecule has 1 heterocycles. The van der Waals surface area contributed by atoms with Crippen molar-refractivity contribution in [3.05, 3.63) is 51.9 Å². The topological polar surface area (TPSA) is 72.6 Å². The van der Waals surface area contributed by atoms with Crippen LogP contribution < -0.4 is 10.6 Å². The SMILES string of the molecule is CCOC(=O)c1c(N(C(=O)c2ccccc2)C(N)=S)sc2c1CCCC2. The molecule has 136 valence electrons. The van der Waals surface area contributed by atoms with Crippen molar-refractivity contribution in [2.45, 2.75) is 32.6 Å². The van der Waals surface area contributed by atoms with E-state index in [4.69, 9.17) is 22.7 Å². The second-order valence-corrected chi connectivity index (χ2v) is 7.46. The zero-order chi connectivity index (χ0) is 18.7. The molecule has 0 fully saturated rings. The van der Waals surface area contributed by atoms with E-state index in [1.807, 2.05) is 6.07 Å². The Bertz CT molecular complexity index is 846. The maximum Gasteiger partial charge on any atom is 0.341 e. The summed E-state index contributed by atoms with van der Waals surface area (Å²) in [5.41, 5.74) is 7.76. The highest BCUT2D eigenvalue weighted by atomic mass is 32.1. The Morgan fingerprint density at radius 3 is 2.58 bits per heavy atom. The second-order valence-electron chi connectivity index (χ2n) is 5.96. The first-order valence-corrected chi connectivity index (χ1v) is 9.77. The van der Waals surface area contributed by atoms with Crippen molar-refractivity contribution in [3.63, 3.8) is 0 Å². The molecular weight excluding hydrogens is 368 g/mol. The number of esters is 1. The molecule has 0 saturated heterocycles. The minimum atomic E-state index is -0.427. The maximum atomic E-state index is 13.0. The van der Waals surface area contributed by atoms with E-state index in [-0.39, 0.29) is 17.6 Å². The predicted octanol–water partition coefficient (Wildman–Crippen LogP) is 3.69. The molecular formula is C19H20N2O3S2. The van der Waals surface area contributed by atoms with Crippen molar-refractivity contribution in [3.8, 4) is 0 Å². The van der Waals surface area contributed by atoms with Crippen molar-refractivity contribution in [1.82, 2.24) is 0 Å². The van der Waals surface area contributed by atoms with Gasteiger partial charge < -0.3 is 10.5 Å². The van der Waals surface area contributed by atoms with Gasteiger partial charge in [0.05, 0.1) is 12.2 Å². The standard InChI is InChI=1S/C19H20N2O3S2/c1-2-24-18(23)15-13-10-6-7-11-14(13)26-17(15)21(19(20)25)16(22)12-8-4-3-5-9-12/h3-5,8-9H,2,6-7,10-11H2,1H3,(H2,20,25). The lowest BCUT2D eigenvalue weighted by Crippen LogP contribution is -2.41. The zero-order valence-corrected chi connectivity index (χ0v) is 16.1. The van der Waals surface area contributed by atoms with Crippen LogP contribution in [-0.4, -0.2) is 23.6 Å². The van der Waals surface area contributed by atoms with Crippen LogP contribution in [0.4, 0.5) is 5.00 Å². The molecule has 0 bridgehead atoms. The Kier molecular flexibility index (Phi) is 5.68. The monoisotopic (exact) mass is 388 g/mol. The number of hydrogen-bond acceptors (Lipinski definition) is 5. The van der Waals surface area contributed by atoms with Gasteiger partial charge in [0.15, 0.2) is 5.11 Å². The first-order chi connectivity index (χ1) is 12.5. The van der Waals surface area contributed by atoms with Gasteiger partial charge in [0, 0.05) is 10.4 Å². The third-order valence-corrected chi connectivity index (χ3v) is 5.74. The fourth-order valence-electron chi connectivity index (χ4n) is 3.12. The Labute approximate surface area is 161 Å². The number of thiophene rings is 1. The van der Waals surface area contributed by atoms with E-state index < -0.39 is 5.97 Å². The first-order valence-electron chi connectivity index (χ1n) is 8.55. The van der Waals surface area contributed by atoms with Crippen molar-refractivity contribution in [1.29, 1.82) is 0 Å². The van der Waals surface area contributed by atoms with Gasteiger partial charge in [-0.2, -0.15) is 0 Å². The second kappa shape index (κ2) is 7.97. The summed E-state index contributed by atoms with van der Waals surface area (Å²) in [7, 11) is 0. The molecule has 1 aromatic carbocycles. The highest BCUT2D eigenvalue weighted by Crippen LogP contribution is 2.41. The fraction of sp³-hybridized carbons (Fsp3) is 0.316. The first kappa shape index (κ1) is 18.5. The molecule has 0 atom stereocenters. The van der Waals surface area contributed by atoms with E-state index in [0.717, 1.165) is 36.1 Å². The van der Waals surface area contributed by atoms with Crippen molar-refractivity contribution < 1.29 is 14.3 Å². The van der Waals surface area contributed by atoms with Gasteiger partial charge in [-0.1, -0.05) is 18.2 Å². The number of carbonyl (C=O) groups excluding carboxylic acids is 2. The van der Waals surface area contributed by atoms with Crippen LogP contribution >= 0.6 is 23.6 Å². The minimum absolute atomic E-state index is 0.0806. The number of anilines is 1. The largest absolute Gasteiger partial charge is 0.462 e. The summed E-state index contributed by atoms with van der Waals surface area (Å²) in [6.07, 6.45) is 3.76. The maximum absolute atomic E-state index is 13.0. The lowest BCUT2D eigenvalue weighted by Gasteiger charge is -2.21. The highest BCUT2D eigenvalue weighted by molar-refractivity contribution is 7.80. The molecule has 26 heavy (non-hydrogen) atoms. The Morgan fingerprint density at radius 2 is 1.92 bits per heavy atom. The lowest BCUT2D eigenvalue weighted by atomic mass is 9.95. The molecule has 2 N–H and O–H groups in total. The number of aryl methyl sites for hydroxylation is 1. The van der Waals surface area contributed by atoms with Gasteiger partial charge >= 0.3 is 5.97 Å². The van der Waals surface area contributed by atoms with Crippen molar-refractivity contribution >= 4 is 45.5 Å². The van der Waals surface area contributed by atoms with Crippen LogP contribution in [0.25, 0.3) is 0 Å².